The van der Waals surface area contributed by atoms with Gasteiger partial charge in [-0.25, -0.2) is 14.3 Å². The van der Waals surface area contributed by atoms with Crippen LogP contribution in [-0.2, 0) is 6.42 Å². The zero-order valence-corrected chi connectivity index (χ0v) is 9.48. The lowest BCUT2D eigenvalue weighted by Gasteiger charge is -2.08. The lowest BCUT2D eigenvalue weighted by atomic mass is 10.1. The molecule has 0 aliphatic carbocycles. The second-order valence-electron chi connectivity index (χ2n) is 3.74. The summed E-state index contributed by atoms with van der Waals surface area (Å²) in [5, 5.41) is 13.3. The quantitative estimate of drug-likeness (QED) is 0.833. The maximum atomic E-state index is 11.3. The molecule has 0 saturated heterocycles. The van der Waals surface area contributed by atoms with Gasteiger partial charge in [-0.15, -0.1) is 0 Å². The van der Waals surface area contributed by atoms with Crippen molar-refractivity contribution in [2.45, 2.75) is 27.2 Å². The predicted molar refractivity (Wildman–Crippen MR) is 58.8 cm³/mol. The molecule has 0 unspecified atom stereocenters. The normalized spacial score (nSPS) is 10.9. The third kappa shape index (κ3) is 1.44. The van der Waals surface area contributed by atoms with E-state index in [9.17, 15) is 9.90 Å². The minimum Gasteiger partial charge on any atom is -0.476 e. The highest BCUT2D eigenvalue weighted by atomic mass is 16.4. The van der Waals surface area contributed by atoms with Crippen LogP contribution < -0.4 is 0 Å². The number of carboxylic acid groups (broad SMARTS) is 1. The van der Waals surface area contributed by atoms with Crippen LogP contribution in [0.3, 0.4) is 0 Å². The number of carboxylic acids is 1. The molecule has 0 aliphatic rings. The van der Waals surface area contributed by atoms with Gasteiger partial charge in [0.1, 0.15) is 5.82 Å². The van der Waals surface area contributed by atoms with Crippen LogP contribution in [0.25, 0.3) is 5.65 Å². The summed E-state index contributed by atoms with van der Waals surface area (Å²) in [6.07, 6.45) is 0.669. The standard InChI is InChI=1S/C11H13N3O2/c1-4-8-6(2)5-9-12-7(3)13-14(9)10(8)11(15)16/h5H,4H2,1-3H3,(H,15,16). The second-order valence-corrected chi connectivity index (χ2v) is 3.74. The molecule has 0 aliphatic heterocycles. The second kappa shape index (κ2) is 3.59. The first-order valence-electron chi connectivity index (χ1n) is 5.13. The molecule has 84 valence electrons. The van der Waals surface area contributed by atoms with E-state index in [2.05, 4.69) is 10.1 Å². The molecular formula is C11H13N3O2. The Morgan fingerprint density at radius 3 is 2.75 bits per heavy atom. The van der Waals surface area contributed by atoms with Crippen molar-refractivity contribution in [2.75, 3.05) is 0 Å². The average molecular weight is 219 g/mol. The molecule has 2 aromatic rings. The fourth-order valence-corrected chi connectivity index (χ4v) is 1.95. The lowest BCUT2D eigenvalue weighted by molar-refractivity contribution is 0.0686. The fourth-order valence-electron chi connectivity index (χ4n) is 1.95. The van der Waals surface area contributed by atoms with Crippen LogP contribution in [0.4, 0.5) is 0 Å². The van der Waals surface area contributed by atoms with Crippen molar-refractivity contribution in [3.8, 4) is 0 Å². The van der Waals surface area contributed by atoms with Crippen molar-refractivity contribution in [3.63, 3.8) is 0 Å². The van der Waals surface area contributed by atoms with Crippen molar-refractivity contribution in [1.82, 2.24) is 14.6 Å². The fraction of sp³-hybridized carbons (Fsp3) is 0.364. The first-order chi connectivity index (χ1) is 7.54. The molecule has 16 heavy (non-hydrogen) atoms. The molecule has 0 amide bonds. The molecule has 0 saturated carbocycles. The molecule has 1 N–H and O–H groups in total. The Labute approximate surface area is 92.7 Å². The van der Waals surface area contributed by atoms with Crippen molar-refractivity contribution in [3.05, 3.63) is 28.7 Å². The van der Waals surface area contributed by atoms with Crippen molar-refractivity contribution in [2.24, 2.45) is 0 Å². The Hall–Kier alpha value is -1.91. The molecule has 0 radical (unpaired) electrons. The number of aryl methyl sites for hydroxylation is 2. The summed E-state index contributed by atoms with van der Waals surface area (Å²) in [5.41, 5.74) is 2.56. The monoisotopic (exact) mass is 219 g/mol. The molecule has 0 fully saturated rings. The summed E-state index contributed by atoms with van der Waals surface area (Å²) >= 11 is 0. The van der Waals surface area contributed by atoms with Crippen LogP contribution in [0.2, 0.25) is 0 Å². The van der Waals surface area contributed by atoms with E-state index in [4.69, 9.17) is 0 Å². The minimum atomic E-state index is -0.963. The molecule has 2 aromatic heterocycles. The van der Waals surface area contributed by atoms with Crippen LogP contribution in [0.5, 0.6) is 0 Å². The smallest absolute Gasteiger partial charge is 0.354 e. The van der Waals surface area contributed by atoms with Gasteiger partial charge in [0.2, 0.25) is 0 Å². The molecule has 0 atom stereocenters. The van der Waals surface area contributed by atoms with Crippen LogP contribution in [0.15, 0.2) is 6.07 Å². The highest BCUT2D eigenvalue weighted by Crippen LogP contribution is 2.17. The van der Waals surface area contributed by atoms with Gasteiger partial charge in [-0.3, -0.25) is 0 Å². The first kappa shape index (κ1) is 10.6. The molecular weight excluding hydrogens is 206 g/mol. The van der Waals surface area contributed by atoms with Crippen LogP contribution in [0.1, 0.15) is 34.4 Å². The van der Waals surface area contributed by atoms with E-state index in [-0.39, 0.29) is 5.69 Å². The minimum absolute atomic E-state index is 0.220. The Balaban J connectivity index is 2.91. The summed E-state index contributed by atoms with van der Waals surface area (Å²) in [4.78, 5) is 15.4. The Morgan fingerprint density at radius 2 is 2.19 bits per heavy atom. The number of aromatic carboxylic acids is 1. The third-order valence-electron chi connectivity index (χ3n) is 2.61. The summed E-state index contributed by atoms with van der Waals surface area (Å²) in [6.45, 7) is 5.58. The predicted octanol–water partition coefficient (Wildman–Crippen LogP) is 1.61. The lowest BCUT2D eigenvalue weighted by Crippen LogP contribution is -2.12. The van der Waals surface area contributed by atoms with Gasteiger partial charge in [0.25, 0.3) is 0 Å². The zero-order valence-electron chi connectivity index (χ0n) is 9.48. The van der Waals surface area contributed by atoms with E-state index < -0.39 is 5.97 Å². The average Bonchev–Trinajstić information content (AvgIpc) is 2.55. The van der Waals surface area contributed by atoms with Crippen LogP contribution in [0, 0.1) is 13.8 Å². The van der Waals surface area contributed by atoms with Gasteiger partial charge in [0.15, 0.2) is 11.3 Å². The van der Waals surface area contributed by atoms with Gasteiger partial charge in [0.05, 0.1) is 0 Å². The topological polar surface area (TPSA) is 67.5 Å². The zero-order chi connectivity index (χ0) is 11.9. The number of aromatic nitrogens is 3. The van der Waals surface area contributed by atoms with Crippen molar-refractivity contribution >= 4 is 11.6 Å². The van der Waals surface area contributed by atoms with Gasteiger partial charge < -0.3 is 5.11 Å². The molecule has 0 spiro atoms. The summed E-state index contributed by atoms with van der Waals surface area (Å²) in [7, 11) is 0. The largest absolute Gasteiger partial charge is 0.476 e. The van der Waals surface area contributed by atoms with Gasteiger partial charge >= 0.3 is 5.97 Å². The number of rotatable bonds is 2. The van der Waals surface area contributed by atoms with Crippen LogP contribution >= 0.6 is 0 Å². The number of carbonyl (C=O) groups is 1. The summed E-state index contributed by atoms with van der Waals surface area (Å²) < 4.78 is 1.41. The first-order valence-corrected chi connectivity index (χ1v) is 5.13. The van der Waals surface area contributed by atoms with E-state index in [0.29, 0.717) is 17.9 Å². The van der Waals surface area contributed by atoms with Crippen molar-refractivity contribution < 1.29 is 9.90 Å². The van der Waals surface area contributed by atoms with Gasteiger partial charge in [-0.1, -0.05) is 6.92 Å². The molecule has 0 bridgehead atoms. The van der Waals surface area contributed by atoms with E-state index in [1.165, 1.54) is 4.52 Å². The van der Waals surface area contributed by atoms with Gasteiger partial charge in [0, 0.05) is 0 Å². The summed E-state index contributed by atoms with van der Waals surface area (Å²) in [6, 6.07) is 1.87. The molecule has 2 rings (SSSR count). The van der Waals surface area contributed by atoms with Crippen LogP contribution in [-0.4, -0.2) is 25.7 Å². The van der Waals surface area contributed by atoms with E-state index in [1.54, 1.807) is 6.92 Å². The number of hydrogen-bond donors (Lipinski definition) is 1. The van der Waals surface area contributed by atoms with Crippen molar-refractivity contribution in [1.29, 1.82) is 0 Å². The molecule has 2 heterocycles. The maximum Gasteiger partial charge on any atom is 0.354 e. The molecule has 5 heteroatoms. The Kier molecular flexibility index (Phi) is 2.38. The SMILES string of the molecule is CCc1c(C)cc2nc(C)nn2c1C(=O)O. The molecule has 0 aromatic carbocycles. The van der Waals surface area contributed by atoms with E-state index in [0.717, 1.165) is 11.1 Å². The number of hydrogen-bond acceptors (Lipinski definition) is 3. The highest BCUT2D eigenvalue weighted by Gasteiger charge is 2.18. The highest BCUT2D eigenvalue weighted by molar-refractivity contribution is 5.88. The number of nitrogens with zero attached hydrogens (tertiary/aromatic N) is 3. The molecule has 5 nitrogen and oxygen atoms in total. The van der Waals surface area contributed by atoms with Gasteiger partial charge in [-0.05, 0) is 37.5 Å². The van der Waals surface area contributed by atoms with E-state index >= 15 is 0 Å². The van der Waals surface area contributed by atoms with Gasteiger partial charge in [-0.2, -0.15) is 5.10 Å². The Morgan fingerprint density at radius 1 is 1.50 bits per heavy atom. The number of pyridine rings is 1. The van der Waals surface area contributed by atoms with E-state index in [1.807, 2.05) is 19.9 Å². The maximum absolute atomic E-state index is 11.3. The Bertz CT molecular complexity index is 572. The third-order valence-corrected chi connectivity index (χ3v) is 2.61. The number of fused-ring (bicyclic) bond motifs is 1. The summed E-state index contributed by atoms with van der Waals surface area (Å²) in [5.74, 6) is -0.384.